The summed E-state index contributed by atoms with van der Waals surface area (Å²) in [6.45, 7) is 5.61. The molecule has 3 rings (SSSR count). The van der Waals surface area contributed by atoms with Gasteiger partial charge in [0, 0.05) is 30.5 Å². The Morgan fingerprint density at radius 1 is 1.10 bits per heavy atom. The minimum Gasteiger partial charge on any atom is -0.356 e. The summed E-state index contributed by atoms with van der Waals surface area (Å²) < 4.78 is 0. The highest BCUT2D eigenvalue weighted by Gasteiger charge is 2.22. The van der Waals surface area contributed by atoms with Gasteiger partial charge in [0.2, 0.25) is 5.91 Å². The average molecular weight is 396 g/mol. The van der Waals surface area contributed by atoms with Crippen LogP contribution >= 0.6 is 0 Å². The second-order valence-electron chi connectivity index (χ2n) is 7.71. The van der Waals surface area contributed by atoms with Crippen molar-refractivity contribution in [1.29, 1.82) is 0 Å². The van der Waals surface area contributed by atoms with Gasteiger partial charge in [0.1, 0.15) is 5.69 Å². The number of likely N-dealkylation sites (N-methyl/N-ethyl adjacent to an activating group) is 1. The fourth-order valence-corrected chi connectivity index (χ4v) is 3.60. The highest BCUT2D eigenvalue weighted by atomic mass is 16.2. The van der Waals surface area contributed by atoms with Crippen molar-refractivity contribution in [2.24, 2.45) is 0 Å². The molecular weight excluding hydrogens is 368 g/mol. The normalized spacial score (nSPS) is 13.7. The molecule has 1 aliphatic rings. The van der Waals surface area contributed by atoms with Crippen LogP contribution in [0.15, 0.2) is 30.5 Å². The fraction of sp³-hybridized carbons (Fsp3) is 0.409. The maximum absolute atomic E-state index is 12.5. The summed E-state index contributed by atoms with van der Waals surface area (Å²) in [5.74, 6) is -0.372. The second-order valence-corrected chi connectivity index (χ2v) is 7.71. The van der Waals surface area contributed by atoms with Crippen molar-refractivity contribution in [3.63, 3.8) is 0 Å². The molecule has 0 bridgehead atoms. The molecular formula is C22H28N4O3. The van der Waals surface area contributed by atoms with E-state index in [4.69, 9.17) is 0 Å². The van der Waals surface area contributed by atoms with Gasteiger partial charge in [-0.25, -0.2) is 0 Å². The number of anilines is 1. The molecule has 1 aliphatic heterocycles. The first-order valence-electron chi connectivity index (χ1n) is 9.90. The van der Waals surface area contributed by atoms with Crippen LogP contribution in [0, 0.1) is 13.8 Å². The molecule has 29 heavy (non-hydrogen) atoms. The van der Waals surface area contributed by atoms with Gasteiger partial charge in [-0.05, 0) is 50.9 Å². The first-order chi connectivity index (χ1) is 13.8. The number of amides is 2. The lowest BCUT2D eigenvalue weighted by Crippen LogP contribution is -2.34. The largest absolute Gasteiger partial charge is 0.356 e. The average Bonchev–Trinajstić information content (AvgIpc) is 3.36. The maximum Gasteiger partial charge on any atom is 0.270 e. The van der Waals surface area contributed by atoms with E-state index in [1.807, 2.05) is 32.0 Å². The Kier molecular flexibility index (Phi) is 6.49. The van der Waals surface area contributed by atoms with Crippen molar-refractivity contribution in [3.05, 3.63) is 52.8 Å². The summed E-state index contributed by atoms with van der Waals surface area (Å²) in [5, 5.41) is 2.92. The van der Waals surface area contributed by atoms with Gasteiger partial charge in [-0.1, -0.05) is 18.2 Å². The van der Waals surface area contributed by atoms with E-state index in [0.29, 0.717) is 11.3 Å². The molecule has 2 aromatic rings. The number of ketones is 1. The number of benzene rings is 1. The van der Waals surface area contributed by atoms with E-state index in [9.17, 15) is 14.4 Å². The number of aryl methyl sites for hydroxylation is 2. The number of hydrogen-bond acceptors (Lipinski definition) is 4. The summed E-state index contributed by atoms with van der Waals surface area (Å²) in [7, 11) is 1.73. The first kappa shape index (κ1) is 20.8. The molecule has 0 radical (unpaired) electrons. The third-order valence-corrected chi connectivity index (χ3v) is 5.20. The number of rotatable bonds is 7. The van der Waals surface area contributed by atoms with Gasteiger partial charge in [0.05, 0.1) is 13.1 Å². The molecule has 1 aromatic heterocycles. The van der Waals surface area contributed by atoms with Crippen LogP contribution in [-0.2, 0) is 4.79 Å². The Hall–Kier alpha value is -2.93. The minimum atomic E-state index is -0.170. The molecule has 1 saturated heterocycles. The van der Waals surface area contributed by atoms with Gasteiger partial charge >= 0.3 is 0 Å². The van der Waals surface area contributed by atoms with Crippen molar-refractivity contribution in [1.82, 2.24) is 14.8 Å². The zero-order valence-electron chi connectivity index (χ0n) is 17.2. The number of carbonyl (C=O) groups excluding carboxylic acids is 3. The topological polar surface area (TPSA) is 85.5 Å². The molecule has 0 spiro atoms. The molecule has 7 nitrogen and oxygen atoms in total. The zero-order chi connectivity index (χ0) is 21.0. The SMILES string of the molecule is Cc1cccc(C)c1NC(=O)CN(C)CC(=O)c1c[nH]c(C(=O)N2CCCC2)c1. The number of Topliss-reactive ketones (excluding diaryl/α,β-unsaturated/α-hetero) is 1. The van der Waals surface area contributed by atoms with Crippen LogP contribution in [0.5, 0.6) is 0 Å². The predicted molar refractivity (Wildman–Crippen MR) is 112 cm³/mol. The third kappa shape index (κ3) is 5.12. The Morgan fingerprint density at radius 3 is 2.41 bits per heavy atom. The number of aromatic amines is 1. The molecule has 1 fully saturated rings. The number of nitrogens with one attached hydrogen (secondary N) is 2. The Bertz CT molecular complexity index is 892. The molecule has 2 N–H and O–H groups in total. The van der Waals surface area contributed by atoms with Crippen molar-refractivity contribution in [3.8, 4) is 0 Å². The molecule has 154 valence electrons. The quantitative estimate of drug-likeness (QED) is 0.705. The Labute approximate surface area is 171 Å². The lowest BCUT2D eigenvalue weighted by atomic mass is 10.1. The van der Waals surface area contributed by atoms with Gasteiger partial charge in [0.25, 0.3) is 5.91 Å². The van der Waals surface area contributed by atoms with E-state index in [1.54, 1.807) is 29.1 Å². The highest BCUT2D eigenvalue weighted by Crippen LogP contribution is 2.19. The smallest absolute Gasteiger partial charge is 0.270 e. The van der Waals surface area contributed by atoms with Crippen LogP contribution in [0.3, 0.4) is 0 Å². The third-order valence-electron chi connectivity index (χ3n) is 5.20. The van der Waals surface area contributed by atoms with Crippen LogP contribution in [0.2, 0.25) is 0 Å². The molecule has 1 aromatic carbocycles. The number of hydrogen-bond donors (Lipinski definition) is 2. The van der Waals surface area contributed by atoms with E-state index in [0.717, 1.165) is 42.7 Å². The van der Waals surface area contributed by atoms with Crippen LogP contribution in [-0.4, -0.2) is 65.6 Å². The van der Waals surface area contributed by atoms with Gasteiger partial charge in [-0.3, -0.25) is 19.3 Å². The van der Waals surface area contributed by atoms with Gasteiger partial charge in [0.15, 0.2) is 5.78 Å². The Morgan fingerprint density at radius 2 is 1.76 bits per heavy atom. The lowest BCUT2D eigenvalue weighted by molar-refractivity contribution is -0.116. The van der Waals surface area contributed by atoms with Gasteiger partial charge < -0.3 is 15.2 Å². The predicted octanol–water partition coefficient (Wildman–Crippen LogP) is 2.62. The minimum absolute atomic E-state index is 0.0668. The van der Waals surface area contributed by atoms with Gasteiger partial charge in [-0.2, -0.15) is 0 Å². The van der Waals surface area contributed by atoms with E-state index in [1.165, 1.54) is 0 Å². The van der Waals surface area contributed by atoms with E-state index in [2.05, 4.69) is 10.3 Å². The first-order valence-corrected chi connectivity index (χ1v) is 9.90. The summed E-state index contributed by atoms with van der Waals surface area (Å²) in [5.41, 5.74) is 3.70. The van der Waals surface area contributed by atoms with Crippen LogP contribution in [0.25, 0.3) is 0 Å². The molecule has 0 atom stereocenters. The molecule has 0 aliphatic carbocycles. The number of likely N-dealkylation sites (tertiary alicyclic amines) is 1. The fourth-order valence-electron chi connectivity index (χ4n) is 3.60. The van der Waals surface area contributed by atoms with Crippen molar-refractivity contribution in [2.75, 3.05) is 38.5 Å². The van der Waals surface area contributed by atoms with E-state index < -0.39 is 0 Å². The number of aromatic nitrogens is 1. The van der Waals surface area contributed by atoms with Crippen LogP contribution < -0.4 is 5.32 Å². The van der Waals surface area contributed by atoms with E-state index in [-0.39, 0.29) is 30.7 Å². The second kappa shape index (κ2) is 9.05. The maximum atomic E-state index is 12.5. The summed E-state index contributed by atoms with van der Waals surface area (Å²) in [6.07, 6.45) is 3.61. The van der Waals surface area contributed by atoms with E-state index >= 15 is 0 Å². The molecule has 0 saturated carbocycles. The number of nitrogens with zero attached hydrogens (tertiary/aromatic N) is 2. The number of H-pyrrole nitrogens is 1. The number of para-hydroxylation sites is 1. The van der Waals surface area contributed by atoms with Crippen molar-refractivity contribution in [2.45, 2.75) is 26.7 Å². The molecule has 0 unspecified atom stereocenters. The standard InChI is InChI=1S/C22H28N4O3/c1-15-7-6-8-16(2)21(15)24-20(28)14-25(3)13-19(27)17-11-18(23-12-17)22(29)26-9-4-5-10-26/h6-8,11-12,23H,4-5,9-10,13-14H2,1-3H3,(H,24,28). The monoisotopic (exact) mass is 396 g/mol. The molecule has 7 heteroatoms. The van der Waals surface area contributed by atoms with Crippen LogP contribution in [0.1, 0.15) is 44.8 Å². The van der Waals surface area contributed by atoms with Crippen molar-refractivity contribution >= 4 is 23.3 Å². The van der Waals surface area contributed by atoms with Crippen molar-refractivity contribution < 1.29 is 14.4 Å². The molecule has 2 heterocycles. The number of carbonyl (C=O) groups is 3. The Balaban J connectivity index is 1.54. The lowest BCUT2D eigenvalue weighted by Gasteiger charge is -2.17. The highest BCUT2D eigenvalue weighted by molar-refractivity contribution is 6.01. The summed E-state index contributed by atoms with van der Waals surface area (Å²) >= 11 is 0. The summed E-state index contributed by atoms with van der Waals surface area (Å²) in [4.78, 5) is 43.7. The summed E-state index contributed by atoms with van der Waals surface area (Å²) in [6, 6.07) is 7.45. The van der Waals surface area contributed by atoms with Crippen LogP contribution in [0.4, 0.5) is 5.69 Å². The molecule has 2 amide bonds. The zero-order valence-corrected chi connectivity index (χ0v) is 17.2. The van der Waals surface area contributed by atoms with Gasteiger partial charge in [-0.15, -0.1) is 0 Å².